The highest BCUT2D eigenvalue weighted by molar-refractivity contribution is 5.95. The van der Waals surface area contributed by atoms with Gasteiger partial charge in [0.15, 0.2) is 0 Å². The van der Waals surface area contributed by atoms with Crippen LogP contribution in [0.3, 0.4) is 0 Å². The SMILES string of the molecule is Cc1ccc(NC(=O)N2CC[C@@H](CC(F)(F)F)C2)cc1-c1cc(N2CCOCC2)nc(N2C[C@H](O)CCC2=O)c1. The van der Waals surface area contributed by atoms with Gasteiger partial charge in [-0.3, -0.25) is 9.69 Å². The highest BCUT2D eigenvalue weighted by Crippen LogP contribution is 2.34. The van der Waals surface area contributed by atoms with Crippen molar-refractivity contribution in [3.63, 3.8) is 0 Å². The first-order valence-electron chi connectivity index (χ1n) is 13.6. The van der Waals surface area contributed by atoms with Gasteiger partial charge in [-0.25, -0.2) is 9.78 Å². The number of aromatic nitrogens is 1. The molecule has 3 amide bonds. The molecule has 0 spiro atoms. The summed E-state index contributed by atoms with van der Waals surface area (Å²) in [5, 5.41) is 13.1. The average molecular weight is 562 g/mol. The number of β-amino-alcohol motifs (C(OH)–C–C–N with tert-alkyl or cyclic N) is 1. The van der Waals surface area contributed by atoms with Gasteiger partial charge >= 0.3 is 12.2 Å². The number of hydrogen-bond donors (Lipinski definition) is 2. The predicted octanol–water partition coefficient (Wildman–Crippen LogP) is 4.19. The molecule has 3 fully saturated rings. The number of ether oxygens (including phenoxy) is 1. The molecule has 2 atom stereocenters. The molecule has 0 saturated carbocycles. The van der Waals surface area contributed by atoms with Crippen molar-refractivity contribution in [1.82, 2.24) is 9.88 Å². The molecule has 0 unspecified atom stereocenters. The Kier molecular flexibility index (Phi) is 8.18. The third-order valence-corrected chi connectivity index (χ3v) is 7.69. The summed E-state index contributed by atoms with van der Waals surface area (Å²) < 4.78 is 43.9. The highest BCUT2D eigenvalue weighted by atomic mass is 19.4. The Morgan fingerprint density at radius 1 is 1.10 bits per heavy atom. The molecule has 4 heterocycles. The zero-order valence-electron chi connectivity index (χ0n) is 22.4. The van der Waals surface area contributed by atoms with Crippen molar-refractivity contribution in [3.05, 3.63) is 35.9 Å². The minimum atomic E-state index is -4.25. The second kappa shape index (κ2) is 11.6. The van der Waals surface area contributed by atoms with Crippen LogP contribution in [-0.4, -0.2) is 85.1 Å². The number of rotatable bonds is 5. The van der Waals surface area contributed by atoms with Gasteiger partial charge < -0.3 is 25.0 Å². The van der Waals surface area contributed by atoms with Crippen LogP contribution in [0.4, 0.5) is 35.3 Å². The lowest BCUT2D eigenvalue weighted by molar-refractivity contribution is -0.143. The monoisotopic (exact) mass is 561 g/mol. The number of benzene rings is 1. The number of aliphatic hydroxyl groups excluding tert-OH is 1. The smallest absolute Gasteiger partial charge is 0.389 e. The average Bonchev–Trinajstić information content (AvgIpc) is 3.38. The Bertz CT molecular complexity index is 1250. The lowest BCUT2D eigenvalue weighted by Gasteiger charge is -2.32. The van der Waals surface area contributed by atoms with Gasteiger partial charge in [0.2, 0.25) is 5.91 Å². The van der Waals surface area contributed by atoms with Crippen LogP contribution in [0, 0.1) is 12.8 Å². The molecule has 9 nitrogen and oxygen atoms in total. The van der Waals surface area contributed by atoms with E-state index in [2.05, 4.69) is 10.2 Å². The lowest BCUT2D eigenvalue weighted by atomic mass is 9.99. The molecule has 40 heavy (non-hydrogen) atoms. The fourth-order valence-electron chi connectivity index (χ4n) is 5.52. The molecule has 1 aromatic carbocycles. The van der Waals surface area contributed by atoms with E-state index in [1.54, 1.807) is 6.07 Å². The molecule has 216 valence electrons. The summed E-state index contributed by atoms with van der Waals surface area (Å²) in [6.45, 7) is 4.85. The number of aliphatic hydroxyl groups is 1. The van der Waals surface area contributed by atoms with E-state index in [4.69, 9.17) is 9.72 Å². The van der Waals surface area contributed by atoms with E-state index in [0.717, 1.165) is 16.7 Å². The van der Waals surface area contributed by atoms with E-state index in [-0.39, 0.29) is 32.0 Å². The molecule has 0 radical (unpaired) electrons. The summed E-state index contributed by atoms with van der Waals surface area (Å²) in [6, 6.07) is 8.77. The number of nitrogens with zero attached hydrogens (tertiary/aromatic N) is 4. The number of morpholine rings is 1. The molecule has 12 heteroatoms. The maximum atomic E-state index is 12.9. The summed E-state index contributed by atoms with van der Waals surface area (Å²) in [5.41, 5.74) is 3.05. The molecule has 0 bridgehead atoms. The minimum absolute atomic E-state index is 0.0659. The van der Waals surface area contributed by atoms with Crippen LogP contribution in [0.2, 0.25) is 0 Å². The van der Waals surface area contributed by atoms with Crippen LogP contribution in [0.25, 0.3) is 11.1 Å². The molecule has 2 aromatic rings. The van der Waals surface area contributed by atoms with Gasteiger partial charge in [0.05, 0.1) is 25.9 Å². The number of alkyl halides is 3. The standard InChI is InChI=1S/C28H34F3N5O4/c1-18-2-3-21(32-27(39)35-7-6-19(16-35)15-28(29,30)31)14-23(18)20-12-24(34-8-10-40-11-9-34)33-25(13-20)36-17-22(37)4-5-26(36)38/h2-3,12-14,19,22,37H,4-11,15-17H2,1H3,(H,32,39)/t19-,22+/m0/s1. The van der Waals surface area contributed by atoms with E-state index < -0.39 is 30.7 Å². The van der Waals surface area contributed by atoms with E-state index in [9.17, 15) is 27.9 Å². The van der Waals surface area contributed by atoms with Crippen molar-refractivity contribution < 1.29 is 32.6 Å². The third-order valence-electron chi connectivity index (χ3n) is 7.69. The fraction of sp³-hybridized carbons (Fsp3) is 0.536. The predicted molar refractivity (Wildman–Crippen MR) is 144 cm³/mol. The van der Waals surface area contributed by atoms with Crippen LogP contribution in [0.5, 0.6) is 0 Å². The number of anilines is 3. The van der Waals surface area contributed by atoms with Gasteiger partial charge in [-0.2, -0.15) is 13.2 Å². The molecule has 3 aliphatic rings. The van der Waals surface area contributed by atoms with Crippen LogP contribution < -0.4 is 15.1 Å². The molecule has 5 rings (SSSR count). The number of hydrogen-bond acceptors (Lipinski definition) is 6. The van der Waals surface area contributed by atoms with Crippen molar-refractivity contribution in [2.24, 2.45) is 5.92 Å². The molecule has 2 N–H and O–H groups in total. The van der Waals surface area contributed by atoms with Crippen LogP contribution in [0.15, 0.2) is 30.3 Å². The van der Waals surface area contributed by atoms with Crippen molar-refractivity contribution in [2.45, 2.75) is 44.9 Å². The summed E-state index contributed by atoms with van der Waals surface area (Å²) in [4.78, 5) is 35.5. The normalized spacial score (nSPS) is 22.1. The molecule has 1 aromatic heterocycles. The molecule has 3 saturated heterocycles. The van der Waals surface area contributed by atoms with Crippen molar-refractivity contribution >= 4 is 29.3 Å². The Hall–Kier alpha value is -3.38. The third kappa shape index (κ3) is 6.67. The van der Waals surface area contributed by atoms with E-state index in [0.29, 0.717) is 56.5 Å². The zero-order chi connectivity index (χ0) is 28.4. The first-order chi connectivity index (χ1) is 19.1. The summed E-state index contributed by atoms with van der Waals surface area (Å²) in [5.74, 6) is 0.439. The molecular formula is C28H34F3N5O4. The minimum Gasteiger partial charge on any atom is -0.391 e. The topological polar surface area (TPSA) is 98.2 Å². The second-order valence-corrected chi connectivity index (χ2v) is 10.7. The number of amides is 3. The van der Waals surface area contributed by atoms with Crippen LogP contribution >= 0.6 is 0 Å². The van der Waals surface area contributed by atoms with E-state index >= 15 is 0 Å². The number of aryl methyl sites for hydroxylation is 1. The van der Waals surface area contributed by atoms with Gasteiger partial charge in [-0.15, -0.1) is 0 Å². The lowest BCUT2D eigenvalue weighted by Crippen LogP contribution is -2.43. The van der Waals surface area contributed by atoms with Crippen LogP contribution in [-0.2, 0) is 9.53 Å². The highest BCUT2D eigenvalue weighted by Gasteiger charge is 2.36. The van der Waals surface area contributed by atoms with Crippen molar-refractivity contribution in [3.8, 4) is 11.1 Å². The Balaban J connectivity index is 1.41. The van der Waals surface area contributed by atoms with Gasteiger partial charge in [0.25, 0.3) is 0 Å². The van der Waals surface area contributed by atoms with E-state index in [1.807, 2.05) is 31.2 Å². The van der Waals surface area contributed by atoms with Gasteiger partial charge in [-0.1, -0.05) is 6.07 Å². The quantitative estimate of drug-likeness (QED) is 0.568. The van der Waals surface area contributed by atoms with E-state index in [1.165, 1.54) is 9.80 Å². The number of likely N-dealkylation sites (tertiary alicyclic amines) is 1. The van der Waals surface area contributed by atoms with Gasteiger partial charge in [0, 0.05) is 44.7 Å². The molecular weight excluding hydrogens is 527 g/mol. The first-order valence-corrected chi connectivity index (χ1v) is 13.6. The number of carbonyl (C=O) groups excluding carboxylic acids is 2. The Morgan fingerprint density at radius 2 is 1.85 bits per heavy atom. The van der Waals surface area contributed by atoms with Gasteiger partial charge in [-0.05, 0) is 66.6 Å². The zero-order valence-corrected chi connectivity index (χ0v) is 22.4. The summed E-state index contributed by atoms with van der Waals surface area (Å²) >= 11 is 0. The number of nitrogens with one attached hydrogen (secondary N) is 1. The summed E-state index contributed by atoms with van der Waals surface area (Å²) in [7, 11) is 0. The second-order valence-electron chi connectivity index (χ2n) is 10.7. The first kappa shape index (κ1) is 28.2. The largest absolute Gasteiger partial charge is 0.391 e. The van der Waals surface area contributed by atoms with Crippen molar-refractivity contribution in [1.29, 1.82) is 0 Å². The Labute approximate surface area is 230 Å². The number of piperidine rings is 1. The number of pyridine rings is 1. The maximum Gasteiger partial charge on any atom is 0.389 e. The number of halogens is 3. The van der Waals surface area contributed by atoms with Crippen LogP contribution in [0.1, 0.15) is 31.2 Å². The summed E-state index contributed by atoms with van der Waals surface area (Å²) in [6.07, 6.45) is -4.79. The molecule has 0 aliphatic carbocycles. The van der Waals surface area contributed by atoms with Crippen molar-refractivity contribution in [2.75, 3.05) is 61.1 Å². The number of carbonyl (C=O) groups is 2. The Morgan fingerprint density at radius 3 is 2.60 bits per heavy atom. The maximum absolute atomic E-state index is 12.9. The molecule has 3 aliphatic heterocycles. The van der Waals surface area contributed by atoms with Gasteiger partial charge in [0.1, 0.15) is 11.6 Å². The fourth-order valence-corrected chi connectivity index (χ4v) is 5.52. The number of urea groups is 1.